The highest BCUT2D eigenvalue weighted by molar-refractivity contribution is 7.15. The first-order valence-electron chi connectivity index (χ1n) is 11.1. The normalized spacial score (nSPS) is 18.4. The minimum absolute atomic E-state index is 0.270. The molecule has 1 atom stereocenters. The third-order valence-corrected chi connectivity index (χ3v) is 7.23. The van der Waals surface area contributed by atoms with Crippen LogP contribution in [0, 0.1) is 0 Å². The number of fused-ring (bicyclic) bond motifs is 2. The molecular formula is C24H20N6O3S. The number of hydrazone groups is 1. The van der Waals surface area contributed by atoms with E-state index in [0.29, 0.717) is 21.0 Å². The van der Waals surface area contributed by atoms with E-state index in [4.69, 9.17) is 0 Å². The summed E-state index contributed by atoms with van der Waals surface area (Å²) in [6.45, 7) is 0. The zero-order valence-electron chi connectivity index (χ0n) is 18.1. The fraction of sp³-hybridized carbons (Fsp3) is 0.250. The van der Waals surface area contributed by atoms with Crippen LogP contribution >= 0.6 is 11.3 Å². The van der Waals surface area contributed by atoms with Crippen molar-refractivity contribution >= 4 is 34.2 Å². The second-order valence-corrected chi connectivity index (χ2v) is 9.45. The third kappa shape index (κ3) is 3.56. The molecule has 170 valence electrons. The van der Waals surface area contributed by atoms with Gasteiger partial charge in [0.15, 0.2) is 11.9 Å². The average molecular weight is 473 g/mol. The monoisotopic (exact) mass is 472 g/mol. The zero-order chi connectivity index (χ0) is 23.2. The van der Waals surface area contributed by atoms with E-state index in [1.165, 1.54) is 39.7 Å². The van der Waals surface area contributed by atoms with Crippen LogP contribution in [0.2, 0.25) is 0 Å². The van der Waals surface area contributed by atoms with Crippen LogP contribution in [0.5, 0.6) is 0 Å². The number of nitrogens with zero attached hydrogens (tertiary/aromatic N) is 6. The minimum atomic E-state index is -0.986. The van der Waals surface area contributed by atoms with Gasteiger partial charge in [-0.2, -0.15) is 14.6 Å². The number of aryl methyl sites for hydroxylation is 2. The summed E-state index contributed by atoms with van der Waals surface area (Å²) in [5, 5.41) is 20.1. The Bertz CT molecular complexity index is 1560. The van der Waals surface area contributed by atoms with Gasteiger partial charge in [-0.25, -0.2) is 4.79 Å². The van der Waals surface area contributed by atoms with E-state index in [0.717, 1.165) is 35.3 Å². The molecule has 3 aromatic heterocycles. The SMILES string of the molecule is O=C(O)[C@@H]1CC(c2ccc3c(c2)CCCC3)=NN1/C=c1\sc2nc(-c3ccncc3)nn2c1=O. The number of carboxylic acid groups (broad SMARTS) is 1. The topological polar surface area (TPSA) is 113 Å². The lowest BCUT2D eigenvalue weighted by atomic mass is 9.89. The molecular weight excluding hydrogens is 452 g/mol. The molecule has 1 aliphatic heterocycles. The average Bonchev–Trinajstić information content (AvgIpc) is 3.55. The first-order chi connectivity index (χ1) is 16.6. The van der Waals surface area contributed by atoms with Crippen LogP contribution in [0.15, 0.2) is 52.6 Å². The molecule has 0 fully saturated rings. The van der Waals surface area contributed by atoms with Crippen molar-refractivity contribution in [2.45, 2.75) is 38.1 Å². The van der Waals surface area contributed by atoms with Crippen LogP contribution in [0.4, 0.5) is 0 Å². The number of rotatable bonds is 4. The number of benzene rings is 1. The van der Waals surface area contributed by atoms with Crippen LogP contribution in [-0.4, -0.2) is 47.4 Å². The van der Waals surface area contributed by atoms with Crippen molar-refractivity contribution in [3.63, 3.8) is 0 Å². The van der Waals surface area contributed by atoms with Gasteiger partial charge in [0.1, 0.15) is 4.53 Å². The summed E-state index contributed by atoms with van der Waals surface area (Å²) in [5.74, 6) is -0.547. The Balaban J connectivity index is 1.37. The summed E-state index contributed by atoms with van der Waals surface area (Å²) in [5.41, 5.74) is 4.75. The second-order valence-electron chi connectivity index (χ2n) is 8.44. The highest BCUT2D eigenvalue weighted by atomic mass is 32.1. The largest absolute Gasteiger partial charge is 0.480 e. The molecule has 10 heteroatoms. The van der Waals surface area contributed by atoms with Crippen molar-refractivity contribution in [1.29, 1.82) is 0 Å². The lowest BCUT2D eigenvalue weighted by Gasteiger charge is -2.16. The summed E-state index contributed by atoms with van der Waals surface area (Å²) >= 11 is 1.16. The maximum atomic E-state index is 13.0. The van der Waals surface area contributed by atoms with Crippen LogP contribution < -0.4 is 10.1 Å². The van der Waals surface area contributed by atoms with Gasteiger partial charge in [-0.05, 0) is 60.6 Å². The van der Waals surface area contributed by atoms with Crippen molar-refractivity contribution in [2.24, 2.45) is 5.10 Å². The minimum Gasteiger partial charge on any atom is -0.480 e. The van der Waals surface area contributed by atoms with Gasteiger partial charge in [-0.1, -0.05) is 23.5 Å². The van der Waals surface area contributed by atoms with Crippen LogP contribution in [-0.2, 0) is 17.6 Å². The summed E-state index contributed by atoms with van der Waals surface area (Å²) in [4.78, 5) is 33.8. The highest BCUT2D eigenvalue weighted by Crippen LogP contribution is 2.26. The van der Waals surface area contributed by atoms with Gasteiger partial charge < -0.3 is 5.11 Å². The molecule has 2 aliphatic rings. The van der Waals surface area contributed by atoms with Crippen LogP contribution in [0.25, 0.3) is 22.5 Å². The maximum absolute atomic E-state index is 13.0. The quantitative estimate of drug-likeness (QED) is 0.484. The molecule has 1 N–H and O–H groups in total. The van der Waals surface area contributed by atoms with Gasteiger partial charge in [0.25, 0.3) is 5.56 Å². The van der Waals surface area contributed by atoms with Crippen molar-refractivity contribution in [2.75, 3.05) is 0 Å². The number of hydrogen-bond donors (Lipinski definition) is 1. The molecule has 1 aromatic carbocycles. The molecule has 0 saturated heterocycles. The van der Waals surface area contributed by atoms with Crippen LogP contribution in [0.1, 0.15) is 36.0 Å². The van der Waals surface area contributed by atoms with Gasteiger partial charge in [-0.3, -0.25) is 14.8 Å². The zero-order valence-corrected chi connectivity index (χ0v) is 18.9. The molecule has 4 heterocycles. The van der Waals surface area contributed by atoms with Gasteiger partial charge in [0.05, 0.1) is 5.71 Å². The summed E-state index contributed by atoms with van der Waals surface area (Å²) < 4.78 is 1.57. The molecule has 1 aliphatic carbocycles. The Kier molecular flexibility index (Phi) is 4.95. The van der Waals surface area contributed by atoms with E-state index in [9.17, 15) is 14.7 Å². The van der Waals surface area contributed by atoms with Crippen molar-refractivity contribution in [3.8, 4) is 11.4 Å². The predicted octanol–water partition coefficient (Wildman–Crippen LogP) is 2.11. The number of thiazole rings is 1. The van der Waals surface area contributed by atoms with Gasteiger partial charge in [-0.15, -0.1) is 5.10 Å². The molecule has 4 aromatic rings. The Hall–Kier alpha value is -3.92. The lowest BCUT2D eigenvalue weighted by molar-refractivity contribution is -0.141. The van der Waals surface area contributed by atoms with E-state index in [2.05, 4.69) is 32.3 Å². The number of aromatic nitrogens is 4. The van der Waals surface area contributed by atoms with Crippen LogP contribution in [0.3, 0.4) is 0 Å². The van der Waals surface area contributed by atoms with E-state index in [-0.39, 0.29) is 12.0 Å². The molecule has 9 nitrogen and oxygen atoms in total. The van der Waals surface area contributed by atoms with E-state index < -0.39 is 12.0 Å². The maximum Gasteiger partial charge on any atom is 0.328 e. The Labute approximate surface area is 197 Å². The lowest BCUT2D eigenvalue weighted by Crippen LogP contribution is -2.34. The Morgan fingerprint density at radius 3 is 2.65 bits per heavy atom. The molecule has 34 heavy (non-hydrogen) atoms. The number of carbonyl (C=O) groups is 1. The Morgan fingerprint density at radius 2 is 1.88 bits per heavy atom. The van der Waals surface area contributed by atoms with Gasteiger partial charge >= 0.3 is 5.97 Å². The number of aliphatic carboxylic acids is 1. The highest BCUT2D eigenvalue weighted by Gasteiger charge is 2.32. The molecule has 0 amide bonds. The van der Waals surface area contributed by atoms with Crippen molar-refractivity contribution in [1.82, 2.24) is 24.6 Å². The van der Waals surface area contributed by atoms with E-state index in [1.807, 2.05) is 6.07 Å². The fourth-order valence-electron chi connectivity index (χ4n) is 4.50. The van der Waals surface area contributed by atoms with Gasteiger partial charge in [0.2, 0.25) is 4.96 Å². The van der Waals surface area contributed by atoms with Crippen molar-refractivity contribution in [3.05, 3.63) is 74.3 Å². The fourth-order valence-corrected chi connectivity index (χ4v) is 5.38. The molecule has 0 radical (unpaired) electrons. The first-order valence-corrected chi connectivity index (χ1v) is 11.9. The molecule has 6 rings (SSSR count). The summed E-state index contributed by atoms with van der Waals surface area (Å²) in [7, 11) is 0. The standard InChI is InChI=1S/C24H20N6O3S/c31-22-20(34-24-26-21(28-30(22)24)15-7-9-25-10-8-15)13-29-19(23(32)33)12-18(27-29)17-6-5-14-3-1-2-4-16(14)11-17/h5-11,13,19H,1-4,12H2,(H,32,33)/b20-13-/t19-/m0/s1. The first kappa shape index (κ1) is 20.7. The number of carboxylic acids is 1. The predicted molar refractivity (Wildman–Crippen MR) is 128 cm³/mol. The Morgan fingerprint density at radius 1 is 1.09 bits per heavy atom. The van der Waals surface area contributed by atoms with E-state index in [1.54, 1.807) is 24.5 Å². The van der Waals surface area contributed by atoms with Crippen molar-refractivity contribution < 1.29 is 9.90 Å². The summed E-state index contributed by atoms with van der Waals surface area (Å²) in [6, 6.07) is 8.96. The smallest absolute Gasteiger partial charge is 0.328 e. The molecule has 0 bridgehead atoms. The molecule has 0 spiro atoms. The van der Waals surface area contributed by atoms with Gasteiger partial charge in [0, 0.05) is 30.6 Å². The summed E-state index contributed by atoms with van der Waals surface area (Å²) in [6.07, 6.45) is 9.55. The second kappa shape index (κ2) is 8.14. The van der Waals surface area contributed by atoms with E-state index >= 15 is 0 Å². The number of pyridine rings is 1. The molecule has 0 unspecified atom stereocenters. The third-order valence-electron chi connectivity index (χ3n) is 6.28. The number of hydrogen-bond acceptors (Lipinski definition) is 8. The molecule has 0 saturated carbocycles.